The zero-order valence-corrected chi connectivity index (χ0v) is 12.9. The van der Waals surface area contributed by atoms with Gasteiger partial charge in [-0.15, -0.1) is 12.4 Å². The van der Waals surface area contributed by atoms with Crippen molar-refractivity contribution in [1.29, 1.82) is 0 Å². The Kier molecular flexibility index (Phi) is 6.72. The first-order valence-electron chi connectivity index (χ1n) is 6.51. The zero-order valence-electron chi connectivity index (χ0n) is 11.4. The predicted molar refractivity (Wildman–Crippen MR) is 80.8 cm³/mol. The van der Waals surface area contributed by atoms with Gasteiger partial charge in [-0.2, -0.15) is 0 Å². The first-order valence-corrected chi connectivity index (χ1v) is 6.88. The fraction of sp³-hybridized carbons (Fsp3) is 0.500. The van der Waals surface area contributed by atoms with Gasteiger partial charge in [0.2, 0.25) is 5.91 Å². The van der Waals surface area contributed by atoms with Crippen LogP contribution in [-0.4, -0.2) is 30.4 Å². The maximum Gasteiger partial charge on any atom is 0.239 e. The third-order valence-electron chi connectivity index (χ3n) is 3.44. The van der Waals surface area contributed by atoms with Crippen molar-refractivity contribution >= 4 is 29.9 Å². The van der Waals surface area contributed by atoms with Crippen molar-refractivity contribution in [3.8, 4) is 0 Å². The van der Waals surface area contributed by atoms with Crippen LogP contribution in [0.4, 0.5) is 4.39 Å². The van der Waals surface area contributed by atoms with Crippen LogP contribution in [-0.2, 0) is 11.3 Å². The summed E-state index contributed by atoms with van der Waals surface area (Å²) >= 11 is 5.97. The van der Waals surface area contributed by atoms with E-state index in [2.05, 4.69) is 5.32 Å². The molecule has 1 fully saturated rings. The third-order valence-corrected chi connectivity index (χ3v) is 3.80. The molecule has 0 spiro atoms. The number of halogens is 3. The number of piperidine rings is 1. The number of amides is 1. The van der Waals surface area contributed by atoms with Crippen LogP contribution in [0.5, 0.6) is 0 Å². The Hall–Kier alpha value is -0.840. The van der Waals surface area contributed by atoms with E-state index >= 15 is 0 Å². The van der Waals surface area contributed by atoms with Gasteiger partial charge in [-0.3, -0.25) is 4.79 Å². The van der Waals surface area contributed by atoms with E-state index in [9.17, 15) is 9.18 Å². The first kappa shape index (κ1) is 17.2. The lowest BCUT2D eigenvalue weighted by molar-refractivity contribution is -0.133. The van der Waals surface area contributed by atoms with Gasteiger partial charge in [-0.05, 0) is 31.5 Å². The van der Waals surface area contributed by atoms with E-state index in [1.54, 1.807) is 19.2 Å². The monoisotopic (exact) mass is 320 g/mol. The Morgan fingerprint density at radius 3 is 2.85 bits per heavy atom. The first-order chi connectivity index (χ1) is 9.09. The lowest BCUT2D eigenvalue weighted by Crippen LogP contribution is -2.47. The number of nitrogens with zero attached hydrogens (tertiary/aromatic N) is 1. The summed E-state index contributed by atoms with van der Waals surface area (Å²) in [5.74, 6) is -0.372. The van der Waals surface area contributed by atoms with Gasteiger partial charge < -0.3 is 10.2 Å². The maximum atomic E-state index is 13.7. The van der Waals surface area contributed by atoms with E-state index in [-0.39, 0.29) is 36.7 Å². The van der Waals surface area contributed by atoms with Crippen LogP contribution >= 0.6 is 24.0 Å². The molecule has 1 atom stereocenters. The number of hydrogen-bond donors (Lipinski definition) is 1. The molecule has 1 heterocycles. The minimum absolute atomic E-state index is 0. The molecule has 1 aromatic carbocycles. The van der Waals surface area contributed by atoms with Crippen LogP contribution < -0.4 is 5.32 Å². The second-order valence-electron chi connectivity index (χ2n) is 4.90. The summed E-state index contributed by atoms with van der Waals surface area (Å²) < 4.78 is 13.7. The molecule has 112 valence electrons. The molecular formula is C14H19Cl2FN2O. The van der Waals surface area contributed by atoms with Gasteiger partial charge in [0.1, 0.15) is 5.82 Å². The Balaban J connectivity index is 0.00000200. The lowest BCUT2D eigenvalue weighted by Gasteiger charge is -2.27. The highest BCUT2D eigenvalue weighted by atomic mass is 35.5. The zero-order chi connectivity index (χ0) is 13.8. The van der Waals surface area contributed by atoms with Crippen LogP contribution in [0.15, 0.2) is 18.2 Å². The lowest BCUT2D eigenvalue weighted by atomic mass is 10.0. The summed E-state index contributed by atoms with van der Waals surface area (Å²) in [6, 6.07) is 4.41. The van der Waals surface area contributed by atoms with Crippen molar-refractivity contribution in [2.24, 2.45) is 0 Å². The highest BCUT2D eigenvalue weighted by Gasteiger charge is 2.24. The molecule has 0 aromatic heterocycles. The van der Waals surface area contributed by atoms with Crippen LogP contribution in [0, 0.1) is 5.82 Å². The Bertz CT molecular complexity index is 444. The van der Waals surface area contributed by atoms with Gasteiger partial charge in [0.05, 0.1) is 6.04 Å². The molecule has 2 rings (SSSR count). The molecule has 3 nitrogen and oxygen atoms in total. The summed E-state index contributed by atoms with van der Waals surface area (Å²) in [6.07, 6.45) is 3.00. The third kappa shape index (κ3) is 4.08. The summed E-state index contributed by atoms with van der Waals surface area (Å²) in [5.41, 5.74) is 0.371. The van der Waals surface area contributed by atoms with Crippen LogP contribution in [0.3, 0.4) is 0 Å². The molecule has 1 saturated heterocycles. The number of rotatable bonds is 3. The van der Waals surface area contributed by atoms with Crippen molar-refractivity contribution in [2.45, 2.75) is 31.8 Å². The summed E-state index contributed by atoms with van der Waals surface area (Å²) in [5, 5.41) is 3.55. The molecule has 20 heavy (non-hydrogen) atoms. The number of likely N-dealkylation sites (N-methyl/N-ethyl adjacent to an activating group) is 1. The quantitative estimate of drug-likeness (QED) is 0.928. The summed E-state index contributed by atoms with van der Waals surface area (Å²) in [7, 11) is 1.68. The molecular weight excluding hydrogens is 302 g/mol. The fourth-order valence-electron chi connectivity index (χ4n) is 2.33. The van der Waals surface area contributed by atoms with E-state index in [0.717, 1.165) is 25.8 Å². The molecule has 1 unspecified atom stereocenters. The van der Waals surface area contributed by atoms with Crippen LogP contribution in [0.2, 0.25) is 5.02 Å². The van der Waals surface area contributed by atoms with Crippen molar-refractivity contribution in [2.75, 3.05) is 13.6 Å². The van der Waals surface area contributed by atoms with E-state index in [1.165, 1.54) is 11.0 Å². The average Bonchev–Trinajstić information content (AvgIpc) is 2.43. The predicted octanol–water partition coefficient (Wildman–Crippen LogP) is 3.00. The number of benzene rings is 1. The van der Waals surface area contributed by atoms with Gasteiger partial charge in [-0.1, -0.05) is 24.1 Å². The minimum atomic E-state index is -0.372. The molecule has 1 aromatic rings. The Morgan fingerprint density at radius 2 is 2.25 bits per heavy atom. The smallest absolute Gasteiger partial charge is 0.239 e. The van der Waals surface area contributed by atoms with Gasteiger partial charge in [0.15, 0.2) is 0 Å². The molecule has 1 N–H and O–H groups in total. The molecule has 0 bridgehead atoms. The van der Waals surface area contributed by atoms with Gasteiger partial charge >= 0.3 is 0 Å². The van der Waals surface area contributed by atoms with E-state index in [4.69, 9.17) is 11.6 Å². The molecule has 0 aliphatic carbocycles. The molecule has 0 radical (unpaired) electrons. The highest BCUT2D eigenvalue weighted by molar-refractivity contribution is 6.31. The number of carbonyl (C=O) groups is 1. The number of hydrogen-bond acceptors (Lipinski definition) is 2. The molecule has 1 aliphatic heterocycles. The second-order valence-corrected chi connectivity index (χ2v) is 5.30. The van der Waals surface area contributed by atoms with Crippen LogP contribution in [0.1, 0.15) is 24.8 Å². The average molecular weight is 321 g/mol. The fourth-order valence-corrected chi connectivity index (χ4v) is 2.55. The number of carbonyl (C=O) groups excluding carboxylic acids is 1. The summed E-state index contributed by atoms with van der Waals surface area (Å²) in [6.45, 7) is 1.06. The minimum Gasteiger partial charge on any atom is -0.340 e. The van der Waals surface area contributed by atoms with E-state index < -0.39 is 0 Å². The molecule has 0 saturated carbocycles. The highest BCUT2D eigenvalue weighted by Crippen LogP contribution is 2.21. The van der Waals surface area contributed by atoms with Crippen molar-refractivity contribution in [3.05, 3.63) is 34.6 Å². The van der Waals surface area contributed by atoms with E-state index in [0.29, 0.717) is 10.6 Å². The maximum absolute atomic E-state index is 13.7. The largest absolute Gasteiger partial charge is 0.340 e. The van der Waals surface area contributed by atoms with Gasteiger partial charge in [0.25, 0.3) is 0 Å². The normalized spacial score (nSPS) is 18.2. The van der Waals surface area contributed by atoms with Crippen molar-refractivity contribution < 1.29 is 9.18 Å². The van der Waals surface area contributed by atoms with E-state index in [1.807, 2.05) is 0 Å². The van der Waals surface area contributed by atoms with Crippen molar-refractivity contribution in [3.63, 3.8) is 0 Å². The summed E-state index contributed by atoms with van der Waals surface area (Å²) in [4.78, 5) is 13.8. The molecule has 6 heteroatoms. The SMILES string of the molecule is CN(Cc1c(F)cccc1Cl)C(=O)C1CCCCN1.Cl. The second kappa shape index (κ2) is 7.81. The van der Waals surface area contributed by atoms with Crippen LogP contribution in [0.25, 0.3) is 0 Å². The molecule has 1 amide bonds. The topological polar surface area (TPSA) is 32.3 Å². The van der Waals surface area contributed by atoms with Crippen molar-refractivity contribution in [1.82, 2.24) is 10.2 Å². The molecule has 1 aliphatic rings. The Morgan fingerprint density at radius 1 is 1.50 bits per heavy atom. The Labute approximate surface area is 129 Å². The van der Waals surface area contributed by atoms with Gasteiger partial charge in [-0.25, -0.2) is 4.39 Å². The number of nitrogens with one attached hydrogen (secondary N) is 1. The van der Waals surface area contributed by atoms with Gasteiger partial charge in [0, 0.05) is 24.2 Å². The standard InChI is InChI=1S/C14H18ClFN2O.ClH/c1-18(14(19)13-7-2-3-8-17-13)9-10-11(15)5-4-6-12(10)16;/h4-6,13,17H,2-3,7-9H2,1H3;1H.